The number of aliphatic hydroxyl groups excluding tert-OH is 1. The van der Waals surface area contributed by atoms with E-state index in [2.05, 4.69) is 10.3 Å². The Balaban J connectivity index is 1.45. The van der Waals surface area contributed by atoms with Crippen LogP contribution in [-0.4, -0.2) is 33.6 Å². The molecule has 2 aromatic heterocycles. The topological polar surface area (TPSA) is 84.2 Å². The number of nitrogens with one attached hydrogen (secondary N) is 1. The van der Waals surface area contributed by atoms with Gasteiger partial charge in [0.15, 0.2) is 11.4 Å². The average molecular weight is 494 g/mol. The van der Waals surface area contributed by atoms with Gasteiger partial charge in [-0.05, 0) is 86.0 Å². The Kier molecular flexibility index (Phi) is 5.67. The van der Waals surface area contributed by atoms with Crippen molar-refractivity contribution in [1.82, 2.24) is 9.55 Å². The minimum atomic E-state index is -0.824. The van der Waals surface area contributed by atoms with Crippen LogP contribution in [0, 0.1) is 34.8 Å². The molecule has 0 spiro atoms. The highest BCUT2D eigenvalue weighted by Gasteiger charge is 2.51. The maximum Gasteiger partial charge on any atom is 0.201 e. The van der Waals surface area contributed by atoms with E-state index >= 15 is 0 Å². The fraction of sp³-hybridized carbons (Fsp3) is 0.464. The van der Waals surface area contributed by atoms with Crippen LogP contribution in [-0.2, 0) is 0 Å². The monoisotopic (exact) mass is 493 g/mol. The van der Waals surface area contributed by atoms with E-state index in [0.29, 0.717) is 30.0 Å². The number of aliphatic hydroxyl groups is 1. The zero-order valence-corrected chi connectivity index (χ0v) is 20.0. The van der Waals surface area contributed by atoms with Crippen LogP contribution in [0.3, 0.4) is 0 Å². The number of rotatable bonds is 7. The summed E-state index contributed by atoms with van der Waals surface area (Å²) < 4.78 is 29.9. The largest absolute Gasteiger partial charge is 0.395 e. The molecule has 0 aliphatic heterocycles. The summed E-state index contributed by atoms with van der Waals surface area (Å²) in [6.07, 6.45) is 8.61. The SMILES string of the molecule is O=C(CC12CC3CC(CC(C3)C1)C2)c1cn(-c2ccc(F)cc2F)c2nc(NCCO)ccc2c1=O. The Morgan fingerprint density at radius 1 is 1.08 bits per heavy atom. The Hall–Kier alpha value is -3.13. The van der Waals surface area contributed by atoms with Crippen molar-refractivity contribution in [2.75, 3.05) is 18.5 Å². The first-order valence-electron chi connectivity index (χ1n) is 12.7. The molecule has 2 N–H and O–H groups in total. The maximum atomic E-state index is 14.9. The van der Waals surface area contributed by atoms with Crippen molar-refractivity contribution in [1.29, 1.82) is 0 Å². The van der Waals surface area contributed by atoms with Gasteiger partial charge in [-0.15, -0.1) is 0 Å². The zero-order valence-electron chi connectivity index (χ0n) is 20.0. The number of halogens is 2. The molecule has 0 radical (unpaired) electrons. The number of aromatic nitrogens is 2. The number of Topliss-reactive ketones (excluding diaryl/α,β-unsaturated/α-hetero) is 1. The molecule has 0 unspecified atom stereocenters. The summed E-state index contributed by atoms with van der Waals surface area (Å²) >= 11 is 0. The van der Waals surface area contributed by atoms with Gasteiger partial charge in [0.2, 0.25) is 5.43 Å². The second kappa shape index (κ2) is 8.76. The molecule has 4 aliphatic carbocycles. The molecule has 4 saturated carbocycles. The molecule has 4 fully saturated rings. The number of ketones is 1. The Morgan fingerprint density at radius 2 is 1.78 bits per heavy atom. The Labute approximate surface area is 207 Å². The molecule has 4 bridgehead atoms. The summed E-state index contributed by atoms with van der Waals surface area (Å²) in [4.78, 5) is 31.7. The highest BCUT2D eigenvalue weighted by Crippen LogP contribution is 2.61. The predicted octanol–water partition coefficient (Wildman–Crippen LogP) is 4.86. The van der Waals surface area contributed by atoms with E-state index in [4.69, 9.17) is 5.11 Å². The molecule has 3 aromatic rings. The number of benzene rings is 1. The van der Waals surface area contributed by atoms with Crippen LogP contribution in [0.1, 0.15) is 55.3 Å². The first-order chi connectivity index (χ1) is 17.3. The number of carbonyl (C=O) groups excluding carboxylic acids is 1. The van der Waals surface area contributed by atoms with Crippen LogP contribution < -0.4 is 10.7 Å². The summed E-state index contributed by atoms with van der Waals surface area (Å²) in [5.41, 5.74) is -0.313. The predicted molar refractivity (Wildman–Crippen MR) is 132 cm³/mol. The number of carbonyl (C=O) groups is 1. The first-order valence-corrected chi connectivity index (χ1v) is 12.7. The lowest BCUT2D eigenvalue weighted by atomic mass is 9.48. The third-order valence-corrected chi connectivity index (χ3v) is 8.44. The van der Waals surface area contributed by atoms with E-state index in [1.807, 2.05) is 0 Å². The van der Waals surface area contributed by atoms with Gasteiger partial charge in [-0.25, -0.2) is 13.8 Å². The van der Waals surface area contributed by atoms with Crippen LogP contribution in [0.5, 0.6) is 0 Å². The van der Waals surface area contributed by atoms with E-state index in [1.165, 1.54) is 36.1 Å². The van der Waals surface area contributed by atoms with Crippen LogP contribution >= 0.6 is 0 Å². The lowest BCUT2D eigenvalue weighted by Crippen LogP contribution is -2.47. The van der Waals surface area contributed by atoms with Crippen molar-refractivity contribution in [2.45, 2.75) is 44.9 Å². The lowest BCUT2D eigenvalue weighted by molar-refractivity contribution is -0.0524. The number of nitrogens with zero attached hydrogens (tertiary/aromatic N) is 2. The van der Waals surface area contributed by atoms with E-state index in [0.717, 1.165) is 31.4 Å². The van der Waals surface area contributed by atoms with Gasteiger partial charge >= 0.3 is 0 Å². The number of pyridine rings is 2. The maximum absolute atomic E-state index is 14.9. The van der Waals surface area contributed by atoms with E-state index in [1.54, 1.807) is 12.1 Å². The number of hydrogen-bond acceptors (Lipinski definition) is 5. The lowest BCUT2D eigenvalue weighted by Gasteiger charge is -2.56. The van der Waals surface area contributed by atoms with Gasteiger partial charge in [-0.3, -0.25) is 14.2 Å². The van der Waals surface area contributed by atoms with Crippen molar-refractivity contribution in [2.24, 2.45) is 23.2 Å². The molecule has 7 rings (SSSR count). The summed E-state index contributed by atoms with van der Waals surface area (Å²) in [6, 6.07) is 6.33. The summed E-state index contributed by atoms with van der Waals surface area (Å²) in [5, 5.41) is 12.2. The summed E-state index contributed by atoms with van der Waals surface area (Å²) in [7, 11) is 0. The third-order valence-electron chi connectivity index (χ3n) is 8.44. The standard InChI is InChI=1S/C28H29F2N3O3/c29-19-1-3-23(22(30)10-19)33-15-21(26(36)20-2-4-25(31-5-6-34)32-27(20)33)24(35)14-28-11-16-7-17(12-28)9-18(8-16)13-28/h1-4,10,15-18,34H,5-9,11-14H2,(H,31,32). The zero-order chi connectivity index (χ0) is 25.0. The fourth-order valence-electron chi connectivity index (χ4n) is 7.49. The molecular weight excluding hydrogens is 464 g/mol. The Bertz CT molecular complexity index is 1380. The van der Waals surface area contributed by atoms with Gasteiger partial charge in [-0.1, -0.05) is 0 Å². The molecule has 0 saturated heterocycles. The fourth-order valence-corrected chi connectivity index (χ4v) is 7.49. The van der Waals surface area contributed by atoms with Crippen molar-refractivity contribution < 1.29 is 18.7 Å². The van der Waals surface area contributed by atoms with Gasteiger partial charge in [0, 0.05) is 25.2 Å². The summed E-state index contributed by atoms with van der Waals surface area (Å²) in [5.74, 6) is 0.661. The van der Waals surface area contributed by atoms with Crippen LogP contribution in [0.4, 0.5) is 14.6 Å². The number of fused-ring (bicyclic) bond motifs is 1. The van der Waals surface area contributed by atoms with Gasteiger partial charge in [0.1, 0.15) is 17.5 Å². The minimum Gasteiger partial charge on any atom is -0.395 e. The second-order valence-electron chi connectivity index (χ2n) is 11.1. The second-order valence-corrected chi connectivity index (χ2v) is 11.1. The first kappa shape index (κ1) is 23.3. The van der Waals surface area contributed by atoms with E-state index in [-0.39, 0.29) is 46.6 Å². The van der Waals surface area contributed by atoms with Gasteiger partial charge in [0.25, 0.3) is 0 Å². The highest BCUT2D eigenvalue weighted by atomic mass is 19.1. The molecule has 2 heterocycles. The quantitative estimate of drug-likeness (QED) is 0.460. The van der Waals surface area contributed by atoms with Gasteiger partial charge < -0.3 is 10.4 Å². The molecular formula is C28H29F2N3O3. The smallest absolute Gasteiger partial charge is 0.201 e. The van der Waals surface area contributed by atoms with Gasteiger partial charge in [0.05, 0.1) is 23.2 Å². The summed E-state index contributed by atoms with van der Waals surface area (Å²) in [6.45, 7) is 0.131. The van der Waals surface area contributed by atoms with E-state index in [9.17, 15) is 18.4 Å². The molecule has 4 aliphatic rings. The van der Waals surface area contributed by atoms with Crippen LogP contribution in [0.2, 0.25) is 0 Å². The molecule has 6 nitrogen and oxygen atoms in total. The Morgan fingerprint density at radius 3 is 2.42 bits per heavy atom. The molecule has 36 heavy (non-hydrogen) atoms. The molecule has 0 atom stereocenters. The minimum absolute atomic E-state index is 0.00272. The van der Waals surface area contributed by atoms with Crippen molar-refractivity contribution >= 4 is 22.6 Å². The molecule has 1 aromatic carbocycles. The molecule has 0 amide bonds. The average Bonchev–Trinajstić information content (AvgIpc) is 2.82. The van der Waals surface area contributed by atoms with Crippen LogP contribution in [0.15, 0.2) is 41.3 Å². The highest BCUT2D eigenvalue weighted by molar-refractivity contribution is 5.99. The number of anilines is 1. The molecule has 8 heteroatoms. The normalized spacial score (nSPS) is 26.5. The molecule has 188 valence electrons. The van der Waals surface area contributed by atoms with Crippen molar-refractivity contribution in [3.63, 3.8) is 0 Å². The van der Waals surface area contributed by atoms with Crippen molar-refractivity contribution in [3.8, 4) is 5.69 Å². The third kappa shape index (κ3) is 4.01. The van der Waals surface area contributed by atoms with E-state index < -0.39 is 17.1 Å². The van der Waals surface area contributed by atoms with Crippen molar-refractivity contribution in [3.05, 3.63) is 63.9 Å². The van der Waals surface area contributed by atoms with Crippen LogP contribution in [0.25, 0.3) is 16.7 Å². The van der Waals surface area contributed by atoms with Gasteiger partial charge in [-0.2, -0.15) is 0 Å². The number of hydrogen-bond donors (Lipinski definition) is 2.